The molecule has 3 aliphatic rings. The van der Waals surface area contributed by atoms with Crippen molar-refractivity contribution in [3.63, 3.8) is 0 Å². The van der Waals surface area contributed by atoms with Crippen LogP contribution in [0.4, 0.5) is 0 Å². The van der Waals surface area contributed by atoms with E-state index in [1.54, 1.807) is 24.3 Å². The quantitative estimate of drug-likeness (QED) is 0.810. The fourth-order valence-electron chi connectivity index (χ4n) is 4.80. The van der Waals surface area contributed by atoms with Gasteiger partial charge in [-0.25, -0.2) is 0 Å². The Bertz CT molecular complexity index is 895. The van der Waals surface area contributed by atoms with Gasteiger partial charge in [0.25, 0.3) is 0 Å². The summed E-state index contributed by atoms with van der Waals surface area (Å²) >= 11 is 5.96. The topological polar surface area (TPSA) is 114 Å². The van der Waals surface area contributed by atoms with Gasteiger partial charge in [-0.3, -0.25) is 5.41 Å². The summed E-state index contributed by atoms with van der Waals surface area (Å²) in [5.74, 6) is -1.97. The second kappa shape index (κ2) is 5.45. The lowest BCUT2D eigenvalue weighted by atomic mass is 9.51. The largest absolute Gasteiger partial charge is 0.447 e. The highest BCUT2D eigenvalue weighted by Crippen LogP contribution is 2.69. The van der Waals surface area contributed by atoms with E-state index in [1.807, 2.05) is 12.1 Å². The van der Waals surface area contributed by atoms with E-state index in [2.05, 4.69) is 6.07 Å². The summed E-state index contributed by atoms with van der Waals surface area (Å²) in [6.45, 7) is 0. The number of ether oxygens (including phenoxy) is 2. The number of rotatable bonds is 1. The Morgan fingerprint density at radius 1 is 1.08 bits per heavy atom. The Labute approximate surface area is 156 Å². The first kappa shape index (κ1) is 16.9. The molecule has 3 fully saturated rings. The van der Waals surface area contributed by atoms with Gasteiger partial charge in [0.2, 0.25) is 17.1 Å². The van der Waals surface area contributed by atoms with Gasteiger partial charge in [0, 0.05) is 11.4 Å². The molecule has 4 rings (SSSR count). The standard InChI is InChI=1S/C19H15ClN4O2/c20-13-6-4-12(5-7-13)15-17(9-21,10-22)18(11-23)14-3-1-2-8-19(14,25-15)26-16(18)24/h4-7,14-15,24H,1-3,8H2/t14-,15-,18-,19+/m0/s1. The summed E-state index contributed by atoms with van der Waals surface area (Å²) in [6.07, 6.45) is 1.78. The van der Waals surface area contributed by atoms with E-state index in [4.69, 9.17) is 26.5 Å². The normalized spacial score (nSPS) is 36.8. The van der Waals surface area contributed by atoms with Gasteiger partial charge in [-0.1, -0.05) is 30.2 Å². The Morgan fingerprint density at radius 2 is 1.77 bits per heavy atom. The van der Waals surface area contributed by atoms with Crippen molar-refractivity contribution in [3.8, 4) is 18.2 Å². The highest BCUT2D eigenvalue weighted by atomic mass is 35.5. The molecule has 0 amide bonds. The molecule has 0 radical (unpaired) electrons. The number of hydrogen-bond donors (Lipinski definition) is 1. The molecule has 0 spiro atoms. The second-order valence-corrected chi connectivity index (χ2v) is 7.48. The molecule has 2 heterocycles. The van der Waals surface area contributed by atoms with E-state index in [1.165, 1.54) is 0 Å². The molecule has 1 N–H and O–H groups in total. The number of nitrogens with zero attached hydrogens (tertiary/aromatic N) is 3. The third-order valence-electron chi connectivity index (χ3n) is 5.99. The van der Waals surface area contributed by atoms with Gasteiger partial charge in [0.1, 0.15) is 6.10 Å². The number of nitriles is 3. The van der Waals surface area contributed by atoms with Crippen molar-refractivity contribution in [2.75, 3.05) is 0 Å². The maximum Gasteiger partial charge on any atom is 0.217 e. The molecular weight excluding hydrogens is 352 g/mol. The lowest BCUT2D eigenvalue weighted by Crippen LogP contribution is -2.60. The molecule has 1 aliphatic carbocycles. The second-order valence-electron chi connectivity index (χ2n) is 7.04. The Hall–Kier alpha value is -2.59. The van der Waals surface area contributed by atoms with Crippen LogP contribution in [-0.2, 0) is 9.47 Å². The molecule has 1 aromatic rings. The van der Waals surface area contributed by atoms with Crippen LogP contribution in [0.1, 0.15) is 37.4 Å². The molecule has 26 heavy (non-hydrogen) atoms. The predicted octanol–water partition coefficient (Wildman–Crippen LogP) is 3.85. The number of nitrogens with one attached hydrogen (secondary N) is 1. The zero-order valence-electron chi connectivity index (χ0n) is 13.8. The molecule has 1 saturated carbocycles. The van der Waals surface area contributed by atoms with Gasteiger partial charge in [0.15, 0.2) is 5.41 Å². The third kappa shape index (κ3) is 1.75. The molecule has 2 aliphatic heterocycles. The van der Waals surface area contributed by atoms with Crippen LogP contribution in [0.2, 0.25) is 5.02 Å². The zero-order chi connectivity index (χ0) is 18.6. The number of halogens is 1. The van der Waals surface area contributed by atoms with Crippen LogP contribution in [0.25, 0.3) is 0 Å². The molecule has 2 bridgehead atoms. The first-order valence-corrected chi connectivity index (χ1v) is 8.82. The zero-order valence-corrected chi connectivity index (χ0v) is 14.6. The van der Waals surface area contributed by atoms with E-state index < -0.39 is 28.6 Å². The van der Waals surface area contributed by atoms with Crippen molar-refractivity contribution in [3.05, 3.63) is 34.9 Å². The minimum atomic E-state index is -1.88. The summed E-state index contributed by atoms with van der Waals surface area (Å²) in [5.41, 5.74) is -2.97. The molecule has 4 atom stereocenters. The maximum absolute atomic E-state index is 10.1. The molecular formula is C19H15ClN4O2. The summed E-state index contributed by atoms with van der Waals surface area (Å²) < 4.78 is 12.1. The van der Waals surface area contributed by atoms with Crippen molar-refractivity contribution < 1.29 is 9.47 Å². The van der Waals surface area contributed by atoms with Crippen LogP contribution in [-0.4, -0.2) is 11.7 Å². The van der Waals surface area contributed by atoms with Crippen LogP contribution < -0.4 is 0 Å². The number of benzene rings is 1. The summed E-state index contributed by atoms with van der Waals surface area (Å²) in [4.78, 5) is 0. The van der Waals surface area contributed by atoms with Gasteiger partial charge >= 0.3 is 0 Å². The summed E-state index contributed by atoms with van der Waals surface area (Å²) in [5, 5.41) is 39.2. The first-order valence-electron chi connectivity index (χ1n) is 8.45. The average Bonchev–Trinajstić information content (AvgIpc) is 2.87. The first-order chi connectivity index (χ1) is 12.5. The number of hydrogen-bond acceptors (Lipinski definition) is 6. The average molecular weight is 367 g/mol. The Balaban J connectivity index is 1.99. The highest BCUT2D eigenvalue weighted by Gasteiger charge is 2.80. The molecule has 130 valence electrons. The molecule has 2 saturated heterocycles. The van der Waals surface area contributed by atoms with Gasteiger partial charge < -0.3 is 9.47 Å². The van der Waals surface area contributed by atoms with Crippen LogP contribution in [0.5, 0.6) is 0 Å². The fraction of sp³-hybridized carbons (Fsp3) is 0.474. The van der Waals surface area contributed by atoms with Crippen LogP contribution in [0.3, 0.4) is 0 Å². The van der Waals surface area contributed by atoms with Crippen molar-refractivity contribution in [2.24, 2.45) is 16.7 Å². The Kier molecular flexibility index (Phi) is 3.53. The minimum absolute atomic E-state index is 0.327. The van der Waals surface area contributed by atoms with Crippen molar-refractivity contribution in [1.82, 2.24) is 0 Å². The van der Waals surface area contributed by atoms with Crippen molar-refractivity contribution >= 4 is 17.5 Å². The van der Waals surface area contributed by atoms with E-state index in [9.17, 15) is 15.8 Å². The van der Waals surface area contributed by atoms with Crippen molar-refractivity contribution in [1.29, 1.82) is 21.2 Å². The molecule has 6 nitrogen and oxygen atoms in total. The predicted molar refractivity (Wildman–Crippen MR) is 90.5 cm³/mol. The summed E-state index contributed by atoms with van der Waals surface area (Å²) in [6, 6.07) is 12.9. The minimum Gasteiger partial charge on any atom is -0.447 e. The van der Waals surface area contributed by atoms with Gasteiger partial charge in [-0.15, -0.1) is 0 Å². The van der Waals surface area contributed by atoms with Crippen molar-refractivity contribution in [2.45, 2.75) is 37.6 Å². The highest BCUT2D eigenvalue weighted by molar-refractivity contribution is 6.30. The molecule has 0 aromatic heterocycles. The van der Waals surface area contributed by atoms with E-state index in [-0.39, 0.29) is 5.90 Å². The van der Waals surface area contributed by atoms with Crippen LogP contribution >= 0.6 is 11.6 Å². The van der Waals surface area contributed by atoms with Crippen LogP contribution in [0, 0.1) is 56.2 Å². The molecule has 1 aromatic carbocycles. The third-order valence-corrected chi connectivity index (χ3v) is 6.24. The smallest absolute Gasteiger partial charge is 0.217 e. The van der Waals surface area contributed by atoms with E-state index >= 15 is 0 Å². The SMILES string of the molecule is N#CC1(C#N)[C@H](c2ccc(Cl)cc2)O[C@@]23CCCC[C@H]2[C@@]1(C#N)C(=N)O3. The maximum atomic E-state index is 10.1. The Morgan fingerprint density at radius 3 is 2.38 bits per heavy atom. The monoisotopic (exact) mass is 366 g/mol. The van der Waals surface area contributed by atoms with Gasteiger partial charge in [0.05, 0.1) is 24.1 Å². The van der Waals surface area contributed by atoms with Gasteiger partial charge in [-0.05, 0) is 30.5 Å². The fourth-order valence-corrected chi connectivity index (χ4v) is 4.92. The lowest BCUT2D eigenvalue weighted by Gasteiger charge is -2.51. The lowest BCUT2D eigenvalue weighted by molar-refractivity contribution is -0.294. The van der Waals surface area contributed by atoms with Gasteiger partial charge in [-0.2, -0.15) is 15.8 Å². The van der Waals surface area contributed by atoms with Crippen LogP contribution in [0.15, 0.2) is 24.3 Å². The summed E-state index contributed by atoms with van der Waals surface area (Å²) in [7, 11) is 0. The van der Waals surface area contributed by atoms with E-state index in [0.717, 1.165) is 12.8 Å². The molecule has 0 unspecified atom stereocenters. The van der Waals surface area contributed by atoms with E-state index in [0.29, 0.717) is 23.4 Å². The molecule has 7 heteroatoms.